The van der Waals surface area contributed by atoms with Crippen LogP contribution >= 0.6 is 0 Å². The van der Waals surface area contributed by atoms with Crippen LogP contribution in [0.5, 0.6) is 0 Å². The van der Waals surface area contributed by atoms with Crippen molar-refractivity contribution < 1.29 is 9.53 Å². The molecule has 4 aliphatic heterocycles. The van der Waals surface area contributed by atoms with Gasteiger partial charge in [0.25, 0.3) is 0 Å². The number of hydrogen-bond donors (Lipinski definition) is 0. The standard InChI is InChI=1S/C22H31NO2/c1-13-11-23-18-14(13)4-9-21-12-25-17(24)6-10-22(18,21)16-3-2-7-20(16)8-5-15(21)19(20)23/h13-16,18-19H,2-12H2,1H3/t13-,14?,15?,16?,18?,19?,20-,21?,22?/m1/s1. The lowest BCUT2D eigenvalue weighted by Gasteiger charge is -2.76. The van der Waals surface area contributed by atoms with Crippen LogP contribution in [0.1, 0.15) is 64.7 Å². The van der Waals surface area contributed by atoms with Crippen molar-refractivity contribution in [2.24, 2.45) is 39.9 Å². The summed E-state index contributed by atoms with van der Waals surface area (Å²) in [5, 5.41) is 0. The summed E-state index contributed by atoms with van der Waals surface area (Å²) in [6.45, 7) is 4.64. The van der Waals surface area contributed by atoms with Crippen LogP contribution < -0.4 is 0 Å². The van der Waals surface area contributed by atoms with Crippen molar-refractivity contribution >= 4 is 5.97 Å². The van der Waals surface area contributed by atoms with Gasteiger partial charge in [0.05, 0.1) is 6.61 Å². The number of esters is 1. The molecule has 3 nitrogen and oxygen atoms in total. The quantitative estimate of drug-likeness (QED) is 0.630. The van der Waals surface area contributed by atoms with Crippen molar-refractivity contribution in [3.63, 3.8) is 0 Å². The molecular weight excluding hydrogens is 310 g/mol. The van der Waals surface area contributed by atoms with E-state index in [-0.39, 0.29) is 5.97 Å². The predicted molar refractivity (Wildman–Crippen MR) is 93.7 cm³/mol. The van der Waals surface area contributed by atoms with Crippen LogP contribution in [-0.2, 0) is 9.53 Å². The van der Waals surface area contributed by atoms with Crippen molar-refractivity contribution in [1.82, 2.24) is 4.90 Å². The zero-order chi connectivity index (χ0) is 16.6. The number of cyclic esters (lactones) is 1. The van der Waals surface area contributed by atoms with Gasteiger partial charge in [0.2, 0.25) is 0 Å². The van der Waals surface area contributed by atoms with Crippen LogP contribution in [-0.4, -0.2) is 36.1 Å². The van der Waals surface area contributed by atoms with Gasteiger partial charge in [0.15, 0.2) is 0 Å². The van der Waals surface area contributed by atoms with Crippen molar-refractivity contribution in [1.29, 1.82) is 0 Å². The fraction of sp³-hybridized carbons (Fsp3) is 0.955. The van der Waals surface area contributed by atoms with Gasteiger partial charge in [0.1, 0.15) is 0 Å². The number of nitrogens with zero attached hydrogens (tertiary/aromatic N) is 1. The lowest BCUT2D eigenvalue weighted by atomic mass is 9.34. The second-order valence-corrected chi connectivity index (χ2v) is 10.9. The molecule has 0 aromatic heterocycles. The molecule has 3 heteroatoms. The fourth-order valence-corrected chi connectivity index (χ4v) is 10.8. The summed E-state index contributed by atoms with van der Waals surface area (Å²) in [5.41, 5.74) is 1.35. The Bertz CT molecular complexity index is 677. The van der Waals surface area contributed by atoms with E-state index in [0.29, 0.717) is 22.7 Å². The van der Waals surface area contributed by atoms with Gasteiger partial charge < -0.3 is 4.74 Å². The average molecular weight is 341 g/mol. The molecule has 6 bridgehead atoms. The molecule has 0 amide bonds. The van der Waals surface area contributed by atoms with Crippen LogP contribution in [0.3, 0.4) is 0 Å². The highest BCUT2D eigenvalue weighted by atomic mass is 16.5. The summed E-state index contributed by atoms with van der Waals surface area (Å²) < 4.78 is 5.95. The van der Waals surface area contributed by atoms with Crippen molar-refractivity contribution in [2.75, 3.05) is 13.2 Å². The van der Waals surface area contributed by atoms with E-state index in [0.717, 1.165) is 48.8 Å². The van der Waals surface area contributed by atoms with Gasteiger partial charge in [-0.3, -0.25) is 9.69 Å². The third-order valence-corrected chi connectivity index (χ3v) is 11.0. The number of carbonyl (C=O) groups is 1. The second kappa shape index (κ2) is 4.13. The van der Waals surface area contributed by atoms with Gasteiger partial charge in [-0.2, -0.15) is 0 Å². The number of ether oxygens (including phenoxy) is 1. The summed E-state index contributed by atoms with van der Waals surface area (Å²) in [6, 6.07) is 1.61. The largest absolute Gasteiger partial charge is 0.465 e. The monoisotopic (exact) mass is 341 g/mol. The highest BCUT2D eigenvalue weighted by Crippen LogP contribution is 2.84. The molecule has 25 heavy (non-hydrogen) atoms. The highest BCUT2D eigenvalue weighted by Gasteiger charge is 2.84. The van der Waals surface area contributed by atoms with Gasteiger partial charge in [-0.1, -0.05) is 13.3 Å². The van der Waals surface area contributed by atoms with E-state index in [1.165, 1.54) is 51.5 Å². The van der Waals surface area contributed by atoms with Gasteiger partial charge in [-0.25, -0.2) is 0 Å². The molecule has 4 saturated carbocycles. The first-order valence-electron chi connectivity index (χ1n) is 11.1. The summed E-state index contributed by atoms with van der Waals surface area (Å²) in [6.07, 6.45) is 11.9. The van der Waals surface area contributed by atoms with Gasteiger partial charge in [-0.05, 0) is 79.4 Å². The minimum absolute atomic E-state index is 0.102. The molecule has 0 aromatic carbocycles. The number of hydrogen-bond acceptors (Lipinski definition) is 3. The molecular formula is C22H31NO2. The molecule has 9 atom stereocenters. The van der Waals surface area contributed by atoms with E-state index in [1.54, 1.807) is 0 Å². The molecule has 8 fully saturated rings. The van der Waals surface area contributed by atoms with Crippen molar-refractivity contribution in [2.45, 2.75) is 76.8 Å². The van der Waals surface area contributed by atoms with E-state index in [4.69, 9.17) is 4.74 Å². The Kier molecular flexibility index (Phi) is 2.39. The Labute approximate surface area is 150 Å². The lowest BCUT2D eigenvalue weighted by Crippen LogP contribution is -2.80. The van der Waals surface area contributed by atoms with Crippen molar-refractivity contribution in [3.05, 3.63) is 0 Å². The molecule has 0 aromatic rings. The van der Waals surface area contributed by atoms with E-state index in [1.807, 2.05) is 0 Å². The third-order valence-electron chi connectivity index (χ3n) is 11.0. The number of piperidine rings is 2. The van der Waals surface area contributed by atoms with Gasteiger partial charge in [-0.15, -0.1) is 0 Å². The van der Waals surface area contributed by atoms with Crippen LogP contribution in [0.15, 0.2) is 0 Å². The second-order valence-electron chi connectivity index (χ2n) is 10.9. The molecule has 8 aliphatic rings. The number of rotatable bonds is 0. The van der Waals surface area contributed by atoms with Gasteiger partial charge >= 0.3 is 5.97 Å². The Morgan fingerprint density at radius 3 is 2.92 bits per heavy atom. The molecule has 0 N–H and O–H groups in total. The lowest BCUT2D eigenvalue weighted by molar-refractivity contribution is -0.292. The summed E-state index contributed by atoms with van der Waals surface area (Å²) in [5.74, 6) is 3.56. The Hall–Kier alpha value is -0.570. The van der Waals surface area contributed by atoms with Crippen LogP contribution in [0.4, 0.5) is 0 Å². The van der Waals surface area contributed by atoms with Crippen LogP contribution in [0, 0.1) is 39.9 Å². The van der Waals surface area contributed by atoms with E-state index < -0.39 is 0 Å². The van der Waals surface area contributed by atoms with E-state index >= 15 is 0 Å². The average Bonchev–Trinajstić information content (AvgIpc) is 3.26. The first-order chi connectivity index (χ1) is 12.1. The fourth-order valence-electron chi connectivity index (χ4n) is 10.8. The maximum absolute atomic E-state index is 12.4. The zero-order valence-corrected chi connectivity index (χ0v) is 15.5. The Morgan fingerprint density at radius 2 is 2.00 bits per heavy atom. The molecule has 4 heterocycles. The number of carbonyl (C=O) groups excluding carboxylic acids is 1. The first-order valence-corrected chi connectivity index (χ1v) is 11.1. The summed E-state index contributed by atoms with van der Waals surface area (Å²) in [7, 11) is 0. The smallest absolute Gasteiger partial charge is 0.305 e. The maximum Gasteiger partial charge on any atom is 0.305 e. The Balaban J connectivity index is 1.54. The van der Waals surface area contributed by atoms with Crippen molar-refractivity contribution in [3.8, 4) is 0 Å². The molecule has 4 aliphatic carbocycles. The predicted octanol–water partition coefficient (Wildman–Crippen LogP) is 3.62. The normalized spacial score (nSPS) is 64.0. The molecule has 7 unspecified atom stereocenters. The molecule has 0 radical (unpaired) electrons. The Morgan fingerprint density at radius 1 is 1.08 bits per heavy atom. The topological polar surface area (TPSA) is 29.5 Å². The van der Waals surface area contributed by atoms with Crippen LogP contribution in [0.25, 0.3) is 0 Å². The van der Waals surface area contributed by atoms with E-state index in [2.05, 4.69) is 11.8 Å². The first kappa shape index (κ1) is 14.5. The summed E-state index contributed by atoms with van der Waals surface area (Å²) in [4.78, 5) is 15.4. The van der Waals surface area contributed by atoms with Gasteiger partial charge in [0, 0.05) is 30.5 Å². The summed E-state index contributed by atoms with van der Waals surface area (Å²) >= 11 is 0. The van der Waals surface area contributed by atoms with Crippen LogP contribution in [0.2, 0.25) is 0 Å². The third kappa shape index (κ3) is 1.23. The molecule has 2 spiro atoms. The molecule has 4 saturated heterocycles. The molecule has 136 valence electrons. The maximum atomic E-state index is 12.4. The highest BCUT2D eigenvalue weighted by molar-refractivity contribution is 5.70. The minimum atomic E-state index is 0.102. The zero-order valence-electron chi connectivity index (χ0n) is 15.5. The van der Waals surface area contributed by atoms with E-state index in [9.17, 15) is 4.79 Å². The minimum Gasteiger partial charge on any atom is -0.465 e. The molecule has 8 rings (SSSR count). The SMILES string of the molecule is C[C@@H]1CN2C3C1CCC14COC(=O)CCC31C1CCC[C@@]13CCC4C23.